The third-order valence-electron chi connectivity index (χ3n) is 6.86. The predicted octanol–water partition coefficient (Wildman–Crippen LogP) is 4.13. The molecule has 3 aromatic rings. The van der Waals surface area contributed by atoms with Crippen LogP contribution in [0.1, 0.15) is 23.6 Å². The van der Waals surface area contributed by atoms with Gasteiger partial charge in [0.2, 0.25) is 0 Å². The van der Waals surface area contributed by atoms with E-state index in [4.69, 9.17) is 9.47 Å². The van der Waals surface area contributed by atoms with E-state index < -0.39 is 0 Å². The lowest BCUT2D eigenvalue weighted by atomic mass is 9.82. The molecule has 5 rings (SSSR count). The highest BCUT2D eigenvalue weighted by Gasteiger charge is 2.37. The van der Waals surface area contributed by atoms with Crippen molar-refractivity contribution in [1.29, 1.82) is 0 Å². The van der Waals surface area contributed by atoms with E-state index in [1.807, 2.05) is 64.1 Å². The lowest BCUT2D eigenvalue weighted by Gasteiger charge is -2.43. The third-order valence-corrected chi connectivity index (χ3v) is 6.86. The maximum absolute atomic E-state index is 13.1. The van der Waals surface area contributed by atoms with Crippen molar-refractivity contribution >= 4 is 17.4 Å². The molecule has 0 unspecified atom stereocenters. The van der Waals surface area contributed by atoms with Crippen LogP contribution in [0.25, 0.3) is 0 Å². The average Bonchev–Trinajstić information content (AvgIpc) is 2.89. The molecule has 0 radical (unpaired) electrons. The van der Waals surface area contributed by atoms with Gasteiger partial charge >= 0.3 is 6.03 Å². The van der Waals surface area contributed by atoms with Crippen molar-refractivity contribution in [2.75, 3.05) is 37.9 Å². The molecular formula is C27H30N4O4. The van der Waals surface area contributed by atoms with E-state index in [1.54, 1.807) is 20.3 Å². The number of carbonyl (C=O) groups is 1. The number of carbonyl (C=O) groups excluding carboxylic acids is 1. The molecule has 0 saturated carbocycles. The molecule has 35 heavy (non-hydrogen) atoms. The summed E-state index contributed by atoms with van der Waals surface area (Å²) < 4.78 is 12.3. The van der Waals surface area contributed by atoms with Crippen molar-refractivity contribution in [3.63, 3.8) is 0 Å². The molecule has 2 aliphatic rings. The zero-order valence-electron chi connectivity index (χ0n) is 20.0. The van der Waals surface area contributed by atoms with Crippen molar-refractivity contribution in [2.24, 2.45) is 5.92 Å². The van der Waals surface area contributed by atoms with Crippen molar-refractivity contribution in [3.8, 4) is 11.5 Å². The molecule has 1 saturated heterocycles. The zero-order valence-corrected chi connectivity index (χ0v) is 20.0. The molecule has 2 aromatic carbocycles. The maximum Gasteiger partial charge on any atom is 0.321 e. The lowest BCUT2D eigenvalue weighted by molar-refractivity contribution is 0.140. The minimum atomic E-state index is -0.121. The monoisotopic (exact) mass is 474 g/mol. The number of benzene rings is 2. The van der Waals surface area contributed by atoms with Crippen molar-refractivity contribution < 1.29 is 14.3 Å². The summed E-state index contributed by atoms with van der Waals surface area (Å²) in [5.41, 5.74) is 3.80. The number of anilines is 2. The number of amides is 2. The molecule has 3 heterocycles. The van der Waals surface area contributed by atoms with Crippen LogP contribution in [0.3, 0.4) is 0 Å². The first-order valence-electron chi connectivity index (χ1n) is 11.8. The number of aromatic nitrogens is 1. The first kappa shape index (κ1) is 22.8. The number of nitrogens with one attached hydrogen (secondary N) is 2. The van der Waals surface area contributed by atoms with Gasteiger partial charge in [0.05, 0.1) is 19.9 Å². The van der Waals surface area contributed by atoms with Gasteiger partial charge in [0.25, 0.3) is 5.56 Å². The third kappa shape index (κ3) is 4.82. The predicted molar refractivity (Wildman–Crippen MR) is 135 cm³/mol. The van der Waals surface area contributed by atoms with Crippen LogP contribution in [0, 0.1) is 5.92 Å². The van der Waals surface area contributed by atoms with Gasteiger partial charge in [-0.25, -0.2) is 4.79 Å². The van der Waals surface area contributed by atoms with Crippen LogP contribution in [0.5, 0.6) is 11.5 Å². The van der Waals surface area contributed by atoms with Gasteiger partial charge in [0.15, 0.2) is 0 Å². The summed E-state index contributed by atoms with van der Waals surface area (Å²) in [5, 5.41) is 6.52. The molecule has 8 heteroatoms. The number of rotatable bonds is 6. The second-order valence-corrected chi connectivity index (χ2v) is 9.15. The van der Waals surface area contributed by atoms with Crippen LogP contribution < -0.4 is 25.7 Å². The van der Waals surface area contributed by atoms with Gasteiger partial charge in [0.1, 0.15) is 11.5 Å². The van der Waals surface area contributed by atoms with Crippen LogP contribution in [0.15, 0.2) is 65.5 Å². The van der Waals surface area contributed by atoms with Gasteiger partial charge in [-0.1, -0.05) is 12.1 Å². The van der Waals surface area contributed by atoms with E-state index >= 15 is 0 Å². The molecule has 8 nitrogen and oxygen atoms in total. The van der Waals surface area contributed by atoms with Gasteiger partial charge < -0.3 is 29.6 Å². The first-order chi connectivity index (χ1) is 17.0. The van der Waals surface area contributed by atoms with E-state index in [0.29, 0.717) is 26.2 Å². The van der Waals surface area contributed by atoms with Crippen LogP contribution >= 0.6 is 0 Å². The Labute approximate surface area is 204 Å². The molecule has 182 valence electrons. The number of hydrogen-bond donors (Lipinski definition) is 2. The quantitative estimate of drug-likeness (QED) is 0.561. The number of methoxy groups -OCH3 is 2. The fraction of sp³-hybridized carbons (Fsp3) is 0.333. The second-order valence-electron chi connectivity index (χ2n) is 9.15. The second kappa shape index (κ2) is 9.74. The van der Waals surface area contributed by atoms with E-state index in [2.05, 4.69) is 10.6 Å². The number of likely N-dealkylation sites (tertiary alicyclic amines) is 1. The van der Waals surface area contributed by atoms with E-state index in [0.717, 1.165) is 40.6 Å². The van der Waals surface area contributed by atoms with Gasteiger partial charge in [-0.3, -0.25) is 4.79 Å². The minimum Gasteiger partial charge on any atom is -0.497 e. The van der Waals surface area contributed by atoms with E-state index in [1.165, 1.54) is 0 Å². The molecule has 2 N–H and O–H groups in total. The number of urea groups is 1. The SMILES string of the molecule is COc1ccc(CNc2ccc(=O)n3c2[C@@H]2C[C@@H](CN(C(=O)Nc4ccc(OC)cc4)C2)C3)cc1. The van der Waals surface area contributed by atoms with Crippen LogP contribution in [0.2, 0.25) is 0 Å². The van der Waals surface area contributed by atoms with Gasteiger partial charge in [-0.05, 0) is 60.4 Å². The molecule has 2 bridgehead atoms. The minimum absolute atomic E-state index is 0.0147. The van der Waals surface area contributed by atoms with Crippen LogP contribution in [-0.2, 0) is 13.1 Å². The van der Waals surface area contributed by atoms with Crippen molar-refractivity contribution in [2.45, 2.75) is 25.4 Å². The number of ether oxygens (including phenoxy) is 2. The lowest BCUT2D eigenvalue weighted by Crippen LogP contribution is -2.50. The standard InChI is InChI=1S/C27H30N4O4/c1-34-22-7-3-18(4-8-22)14-28-24-11-12-25(32)31-16-19-13-20(26(24)31)17-30(15-19)27(33)29-21-5-9-23(35-2)10-6-21/h3-12,19-20,28H,13-17H2,1-2H3,(H,29,33)/t19-,20+/m0/s1. The highest BCUT2D eigenvalue weighted by molar-refractivity contribution is 5.89. The summed E-state index contributed by atoms with van der Waals surface area (Å²) in [6, 6.07) is 18.6. The summed E-state index contributed by atoms with van der Waals surface area (Å²) >= 11 is 0. The highest BCUT2D eigenvalue weighted by atomic mass is 16.5. The largest absolute Gasteiger partial charge is 0.497 e. The average molecular weight is 475 g/mol. The Morgan fingerprint density at radius 2 is 1.60 bits per heavy atom. The summed E-state index contributed by atoms with van der Waals surface area (Å²) in [4.78, 5) is 27.7. The van der Waals surface area contributed by atoms with Crippen LogP contribution in [0.4, 0.5) is 16.2 Å². The molecule has 1 fully saturated rings. The van der Waals surface area contributed by atoms with Gasteiger partial charge in [0, 0.05) is 49.5 Å². The Kier molecular flexibility index (Phi) is 6.35. The Morgan fingerprint density at radius 1 is 0.914 bits per heavy atom. The van der Waals surface area contributed by atoms with E-state index in [9.17, 15) is 9.59 Å². The smallest absolute Gasteiger partial charge is 0.321 e. The molecular weight excluding hydrogens is 444 g/mol. The summed E-state index contributed by atoms with van der Waals surface area (Å²) in [5.74, 6) is 1.90. The zero-order chi connectivity index (χ0) is 24.4. The topological polar surface area (TPSA) is 84.8 Å². The molecule has 0 spiro atoms. The molecule has 2 aliphatic heterocycles. The number of fused-ring (bicyclic) bond motifs is 4. The number of nitrogens with zero attached hydrogens (tertiary/aromatic N) is 2. The Morgan fingerprint density at radius 3 is 2.29 bits per heavy atom. The molecule has 2 atom stereocenters. The summed E-state index contributed by atoms with van der Waals surface area (Å²) in [7, 11) is 3.27. The number of pyridine rings is 1. The van der Waals surface area contributed by atoms with Crippen LogP contribution in [-0.4, -0.2) is 42.8 Å². The Balaban J connectivity index is 1.33. The summed E-state index contributed by atoms with van der Waals surface area (Å²) in [6.07, 6.45) is 0.965. The fourth-order valence-electron chi connectivity index (χ4n) is 5.15. The Hall–Kier alpha value is -3.94. The number of piperidine rings is 1. The van der Waals surface area contributed by atoms with Crippen molar-refractivity contribution in [1.82, 2.24) is 9.47 Å². The van der Waals surface area contributed by atoms with Gasteiger partial charge in [-0.2, -0.15) is 0 Å². The van der Waals surface area contributed by atoms with E-state index in [-0.39, 0.29) is 23.4 Å². The Bertz CT molecular complexity index is 1250. The van der Waals surface area contributed by atoms with Gasteiger partial charge in [-0.15, -0.1) is 0 Å². The molecule has 0 aliphatic carbocycles. The normalized spacial score (nSPS) is 18.4. The fourth-order valence-corrected chi connectivity index (χ4v) is 5.15. The maximum atomic E-state index is 13.1. The van der Waals surface area contributed by atoms with Crippen molar-refractivity contribution in [3.05, 3.63) is 82.3 Å². The molecule has 1 aromatic heterocycles. The highest BCUT2D eigenvalue weighted by Crippen LogP contribution is 2.38. The summed E-state index contributed by atoms with van der Waals surface area (Å²) in [6.45, 7) is 2.45. The number of hydrogen-bond acceptors (Lipinski definition) is 5. The molecule has 2 amide bonds. The first-order valence-corrected chi connectivity index (χ1v) is 11.8.